The fourth-order valence-corrected chi connectivity index (χ4v) is 2.85. The number of benzene rings is 1. The first-order valence-electron chi connectivity index (χ1n) is 6.99. The van der Waals surface area contributed by atoms with Crippen LogP contribution in [0.25, 0.3) is 0 Å². The molecule has 106 valence electrons. The molecule has 2 rings (SSSR count). The fourth-order valence-electron chi connectivity index (χ4n) is 2.85. The number of piperidine rings is 1. The van der Waals surface area contributed by atoms with Crippen molar-refractivity contribution in [3.05, 3.63) is 35.4 Å². The van der Waals surface area contributed by atoms with E-state index in [1.165, 1.54) is 6.42 Å². The molecule has 1 heterocycles. The molecule has 2 nitrogen and oxygen atoms in total. The summed E-state index contributed by atoms with van der Waals surface area (Å²) in [7, 11) is 0. The highest BCUT2D eigenvalue weighted by molar-refractivity contribution is 5.21. The van der Waals surface area contributed by atoms with Crippen LogP contribution in [-0.2, 0) is 0 Å². The van der Waals surface area contributed by atoms with Crippen molar-refractivity contribution in [3.8, 4) is 0 Å². The molecule has 2 atom stereocenters. The topological polar surface area (TPSA) is 23.5 Å². The number of hydrogen-bond donors (Lipinski definition) is 1. The molecule has 1 aromatic carbocycles. The molecule has 0 amide bonds. The summed E-state index contributed by atoms with van der Waals surface area (Å²) in [6, 6.07) is 3.67. The standard InChI is InChI=1S/C15H21F2NO/c1-2-12-5-3-4-8-18(12)10-15(19)13-9-11(16)6-7-14(13)17/h6-7,9,12,15,19H,2-5,8,10H2,1H3. The maximum atomic E-state index is 13.6. The van der Waals surface area contributed by atoms with Gasteiger partial charge in [0.25, 0.3) is 0 Å². The van der Waals surface area contributed by atoms with E-state index in [9.17, 15) is 13.9 Å². The Morgan fingerprint density at radius 1 is 1.37 bits per heavy atom. The Bertz CT molecular complexity index is 425. The van der Waals surface area contributed by atoms with Crippen molar-refractivity contribution in [2.45, 2.75) is 44.8 Å². The van der Waals surface area contributed by atoms with Crippen LogP contribution in [0.3, 0.4) is 0 Å². The molecule has 0 aliphatic carbocycles. The average molecular weight is 269 g/mol. The normalized spacial score (nSPS) is 22.4. The second kappa shape index (κ2) is 6.44. The van der Waals surface area contributed by atoms with Crippen LogP contribution in [-0.4, -0.2) is 29.1 Å². The third kappa shape index (κ3) is 3.51. The maximum Gasteiger partial charge on any atom is 0.129 e. The first-order valence-corrected chi connectivity index (χ1v) is 6.99. The number of β-amino-alcohol motifs (C(OH)–C–C–N with tert-alkyl or cyclic N) is 1. The first kappa shape index (κ1) is 14.4. The zero-order valence-corrected chi connectivity index (χ0v) is 11.3. The number of aliphatic hydroxyl groups is 1. The van der Waals surface area contributed by atoms with Crippen molar-refractivity contribution in [2.24, 2.45) is 0 Å². The molecular formula is C15H21F2NO. The summed E-state index contributed by atoms with van der Waals surface area (Å²) in [5.41, 5.74) is 0.0560. The van der Waals surface area contributed by atoms with E-state index in [2.05, 4.69) is 11.8 Å². The zero-order valence-electron chi connectivity index (χ0n) is 11.3. The Morgan fingerprint density at radius 2 is 2.16 bits per heavy atom. The van der Waals surface area contributed by atoms with E-state index in [4.69, 9.17) is 0 Å². The van der Waals surface area contributed by atoms with Gasteiger partial charge in [-0.2, -0.15) is 0 Å². The van der Waals surface area contributed by atoms with E-state index in [-0.39, 0.29) is 5.56 Å². The number of rotatable bonds is 4. The summed E-state index contributed by atoms with van der Waals surface area (Å²) >= 11 is 0. The minimum absolute atomic E-state index is 0.0560. The second-order valence-corrected chi connectivity index (χ2v) is 5.23. The molecule has 2 unspecified atom stereocenters. The molecule has 0 aromatic heterocycles. The molecular weight excluding hydrogens is 248 g/mol. The first-order chi connectivity index (χ1) is 9.11. The van der Waals surface area contributed by atoms with Gasteiger partial charge in [-0.25, -0.2) is 8.78 Å². The van der Waals surface area contributed by atoms with E-state index < -0.39 is 17.7 Å². The van der Waals surface area contributed by atoms with Crippen molar-refractivity contribution in [1.29, 1.82) is 0 Å². The number of aliphatic hydroxyl groups excluding tert-OH is 1. The van der Waals surface area contributed by atoms with E-state index in [1.807, 2.05) is 0 Å². The maximum absolute atomic E-state index is 13.6. The smallest absolute Gasteiger partial charge is 0.129 e. The summed E-state index contributed by atoms with van der Waals surface area (Å²) in [5.74, 6) is -1.06. The molecule has 1 saturated heterocycles. The lowest BCUT2D eigenvalue weighted by molar-refractivity contribution is 0.0637. The van der Waals surface area contributed by atoms with Gasteiger partial charge < -0.3 is 5.11 Å². The summed E-state index contributed by atoms with van der Waals surface area (Å²) in [5, 5.41) is 10.1. The van der Waals surface area contributed by atoms with Crippen LogP contribution in [0, 0.1) is 11.6 Å². The van der Waals surface area contributed by atoms with Crippen molar-refractivity contribution >= 4 is 0 Å². The average Bonchev–Trinajstić information content (AvgIpc) is 2.42. The molecule has 19 heavy (non-hydrogen) atoms. The molecule has 0 bridgehead atoms. The summed E-state index contributed by atoms with van der Waals surface area (Å²) in [6.07, 6.45) is 3.49. The Balaban J connectivity index is 2.07. The lowest BCUT2D eigenvalue weighted by atomic mass is 9.98. The highest BCUT2D eigenvalue weighted by Crippen LogP contribution is 2.24. The number of halogens is 2. The van der Waals surface area contributed by atoms with E-state index in [0.29, 0.717) is 12.6 Å². The number of hydrogen-bond acceptors (Lipinski definition) is 2. The Kier molecular flexibility index (Phi) is 4.88. The Hall–Kier alpha value is -1.00. The van der Waals surface area contributed by atoms with Crippen molar-refractivity contribution in [2.75, 3.05) is 13.1 Å². The van der Waals surface area contributed by atoms with E-state index in [1.54, 1.807) is 0 Å². The molecule has 1 aromatic rings. The van der Waals surface area contributed by atoms with Gasteiger partial charge in [-0.05, 0) is 44.0 Å². The third-order valence-corrected chi connectivity index (χ3v) is 3.94. The van der Waals surface area contributed by atoms with Gasteiger partial charge in [0.15, 0.2) is 0 Å². The van der Waals surface area contributed by atoms with Crippen molar-refractivity contribution in [3.63, 3.8) is 0 Å². The third-order valence-electron chi connectivity index (χ3n) is 3.94. The fraction of sp³-hybridized carbons (Fsp3) is 0.600. The molecule has 4 heteroatoms. The summed E-state index contributed by atoms with van der Waals surface area (Å²) in [6.45, 7) is 3.42. The zero-order chi connectivity index (χ0) is 13.8. The SMILES string of the molecule is CCC1CCCCN1CC(O)c1cc(F)ccc1F. The van der Waals surface area contributed by atoms with Crippen LogP contribution in [0.5, 0.6) is 0 Å². The van der Waals surface area contributed by atoms with E-state index >= 15 is 0 Å². The summed E-state index contributed by atoms with van der Waals surface area (Å²) in [4.78, 5) is 2.19. The molecule has 1 N–H and O–H groups in total. The van der Waals surface area contributed by atoms with Crippen LogP contribution in [0.15, 0.2) is 18.2 Å². The summed E-state index contributed by atoms with van der Waals surface area (Å²) < 4.78 is 26.7. The van der Waals surface area contributed by atoms with E-state index in [0.717, 1.165) is 44.0 Å². The van der Waals surface area contributed by atoms with Gasteiger partial charge in [-0.15, -0.1) is 0 Å². The molecule has 1 fully saturated rings. The lowest BCUT2D eigenvalue weighted by Gasteiger charge is -2.36. The minimum Gasteiger partial charge on any atom is -0.387 e. The van der Waals surface area contributed by atoms with Gasteiger partial charge in [-0.1, -0.05) is 13.3 Å². The van der Waals surface area contributed by atoms with Gasteiger partial charge in [-0.3, -0.25) is 4.90 Å². The molecule has 0 spiro atoms. The Morgan fingerprint density at radius 3 is 2.89 bits per heavy atom. The van der Waals surface area contributed by atoms with Crippen LogP contribution < -0.4 is 0 Å². The highest BCUT2D eigenvalue weighted by Gasteiger charge is 2.24. The Labute approximate surface area is 113 Å². The monoisotopic (exact) mass is 269 g/mol. The van der Waals surface area contributed by atoms with Gasteiger partial charge in [0.1, 0.15) is 11.6 Å². The van der Waals surface area contributed by atoms with Gasteiger partial charge >= 0.3 is 0 Å². The van der Waals surface area contributed by atoms with Gasteiger partial charge in [0.05, 0.1) is 6.10 Å². The molecule has 1 aliphatic heterocycles. The van der Waals surface area contributed by atoms with Crippen molar-refractivity contribution < 1.29 is 13.9 Å². The van der Waals surface area contributed by atoms with Crippen LogP contribution in [0.1, 0.15) is 44.3 Å². The number of likely N-dealkylation sites (tertiary alicyclic amines) is 1. The minimum atomic E-state index is -0.970. The largest absolute Gasteiger partial charge is 0.387 e. The molecule has 0 radical (unpaired) electrons. The van der Waals surface area contributed by atoms with Crippen molar-refractivity contribution in [1.82, 2.24) is 4.90 Å². The van der Waals surface area contributed by atoms with Gasteiger partial charge in [0.2, 0.25) is 0 Å². The predicted octanol–water partition coefficient (Wildman–Crippen LogP) is 3.26. The molecule has 0 saturated carbocycles. The lowest BCUT2D eigenvalue weighted by Crippen LogP contribution is -2.41. The quantitative estimate of drug-likeness (QED) is 0.907. The highest BCUT2D eigenvalue weighted by atomic mass is 19.1. The van der Waals surface area contributed by atoms with Gasteiger partial charge in [0, 0.05) is 18.2 Å². The molecule has 1 aliphatic rings. The van der Waals surface area contributed by atoms with Crippen LogP contribution in [0.4, 0.5) is 8.78 Å². The van der Waals surface area contributed by atoms with Crippen LogP contribution >= 0.6 is 0 Å². The number of nitrogens with zero attached hydrogens (tertiary/aromatic N) is 1. The second-order valence-electron chi connectivity index (χ2n) is 5.23. The van der Waals surface area contributed by atoms with Crippen LogP contribution in [0.2, 0.25) is 0 Å². The predicted molar refractivity (Wildman–Crippen MR) is 70.8 cm³/mol.